The minimum atomic E-state index is -0.767. The molecule has 78 valence electrons. The van der Waals surface area contributed by atoms with Crippen LogP contribution in [0, 0.1) is 5.41 Å². The number of carboxylic acid groups (broad SMARTS) is 1. The van der Waals surface area contributed by atoms with Gasteiger partial charge in [0.2, 0.25) is 0 Å². The summed E-state index contributed by atoms with van der Waals surface area (Å²) in [4.78, 5) is 10.4. The Morgan fingerprint density at radius 3 is 2.54 bits per heavy atom. The summed E-state index contributed by atoms with van der Waals surface area (Å²) in [5.41, 5.74) is 4.39. The van der Waals surface area contributed by atoms with E-state index in [1.165, 1.54) is 0 Å². The summed E-state index contributed by atoms with van der Waals surface area (Å²) < 4.78 is 0. The van der Waals surface area contributed by atoms with Crippen LogP contribution in [-0.4, -0.2) is 42.5 Å². The normalized spacial score (nSPS) is 10.9. The van der Waals surface area contributed by atoms with Crippen molar-refractivity contribution < 1.29 is 9.90 Å². The summed E-state index contributed by atoms with van der Waals surface area (Å²) in [6.07, 6.45) is 3.40. The molecule has 0 unspecified atom stereocenters. The zero-order chi connectivity index (χ0) is 10.7. The Balaban J connectivity index is 0. The maximum absolute atomic E-state index is 10.4. The number of aliphatic carboxylic acids is 1. The van der Waals surface area contributed by atoms with Gasteiger partial charge in [0.25, 0.3) is 0 Å². The van der Waals surface area contributed by atoms with Gasteiger partial charge in [-0.3, -0.25) is 10.2 Å². The Hall–Kier alpha value is -0.750. The Kier molecular flexibility index (Phi) is 12.8. The molecule has 5 N–H and O–H groups in total. The lowest BCUT2D eigenvalue weighted by Crippen LogP contribution is -2.34. The molecule has 0 aliphatic rings. The average Bonchev–Trinajstić information content (AvgIpc) is 2.06. The van der Waals surface area contributed by atoms with Crippen LogP contribution in [0.2, 0.25) is 0 Å². The largest absolute Gasteiger partial charge is 0.480 e. The molecule has 0 aliphatic heterocycles. The van der Waals surface area contributed by atoms with Crippen LogP contribution in [0.1, 0.15) is 6.42 Å². The molecule has 5 nitrogen and oxygen atoms in total. The predicted octanol–water partition coefficient (Wildman–Crippen LogP) is -0.0357. The fourth-order valence-electron chi connectivity index (χ4n) is 0.627. The van der Waals surface area contributed by atoms with E-state index in [0.29, 0.717) is 6.42 Å². The van der Waals surface area contributed by atoms with Crippen molar-refractivity contribution in [2.45, 2.75) is 12.5 Å². The average molecular weight is 207 g/mol. The second-order valence-corrected chi connectivity index (χ2v) is 3.11. The van der Waals surface area contributed by atoms with Crippen molar-refractivity contribution in [3.63, 3.8) is 0 Å². The van der Waals surface area contributed by atoms with Gasteiger partial charge in [-0.25, -0.2) is 0 Å². The van der Waals surface area contributed by atoms with Crippen LogP contribution in [0.15, 0.2) is 0 Å². The third-order valence-electron chi connectivity index (χ3n) is 1.26. The Morgan fingerprint density at radius 2 is 2.31 bits per heavy atom. The van der Waals surface area contributed by atoms with Crippen LogP contribution in [0.3, 0.4) is 0 Å². The molecule has 0 aromatic heterocycles. The van der Waals surface area contributed by atoms with Gasteiger partial charge in [-0.15, -0.1) is 0 Å². The summed E-state index contributed by atoms with van der Waals surface area (Å²) in [6.45, 7) is 0. The Labute approximate surface area is 82.6 Å². The maximum Gasteiger partial charge on any atom is 0.320 e. The third-order valence-corrected chi connectivity index (χ3v) is 1.90. The van der Waals surface area contributed by atoms with Gasteiger partial charge < -0.3 is 16.2 Å². The highest BCUT2D eigenvalue weighted by molar-refractivity contribution is 7.98. The van der Waals surface area contributed by atoms with Crippen LogP contribution < -0.4 is 11.1 Å². The molecule has 0 aliphatic carbocycles. The lowest BCUT2D eigenvalue weighted by atomic mass is 10.2. The zero-order valence-electron chi connectivity index (χ0n) is 7.91. The molecule has 0 aromatic rings. The number of hydrogen-bond acceptors (Lipinski definition) is 4. The monoisotopic (exact) mass is 207 g/mol. The number of rotatable bonds is 5. The number of carboxylic acids is 1. The quantitative estimate of drug-likeness (QED) is 0.374. The van der Waals surface area contributed by atoms with Gasteiger partial charge >= 0.3 is 5.97 Å². The second kappa shape index (κ2) is 11.2. The summed E-state index contributed by atoms with van der Waals surface area (Å²) in [7, 11) is 1.67. The molecule has 0 fully saturated rings. The molecular weight excluding hydrogens is 190 g/mol. The van der Waals surface area contributed by atoms with E-state index in [-0.39, 0.29) is 6.04 Å². The van der Waals surface area contributed by atoms with E-state index in [2.05, 4.69) is 11.1 Å². The Morgan fingerprint density at radius 1 is 1.85 bits per heavy atom. The molecule has 0 saturated heterocycles. The van der Waals surface area contributed by atoms with E-state index < -0.39 is 5.97 Å². The van der Waals surface area contributed by atoms with E-state index >= 15 is 0 Å². The van der Waals surface area contributed by atoms with Gasteiger partial charge in [0, 0.05) is 0 Å². The molecule has 0 radical (unpaired) electrons. The number of nitrogens with two attached hydrogens (primary N) is 1. The lowest BCUT2D eigenvalue weighted by Gasteiger charge is -2.08. The molecule has 0 rings (SSSR count). The predicted molar refractivity (Wildman–Crippen MR) is 56.5 cm³/mol. The molecule has 13 heavy (non-hydrogen) atoms. The van der Waals surface area contributed by atoms with Crippen LogP contribution in [0.5, 0.6) is 0 Å². The van der Waals surface area contributed by atoms with Crippen molar-refractivity contribution in [2.24, 2.45) is 5.73 Å². The highest BCUT2D eigenvalue weighted by Crippen LogP contribution is 1.99. The first-order valence-corrected chi connectivity index (χ1v) is 5.13. The zero-order valence-corrected chi connectivity index (χ0v) is 8.73. The topological polar surface area (TPSA) is 99.2 Å². The molecule has 0 saturated carbocycles. The van der Waals surface area contributed by atoms with Gasteiger partial charge in [-0.05, 0) is 25.5 Å². The summed E-state index contributed by atoms with van der Waals surface area (Å²) >= 11 is 1.66. The first-order chi connectivity index (χ1) is 6.13. The number of likely N-dealkylation sites (N-methyl/N-ethyl adjacent to an activating group) is 1. The molecule has 0 aromatic carbocycles. The summed E-state index contributed by atoms with van der Waals surface area (Å²) in [6, 6.07) is -0.382. The maximum atomic E-state index is 10.4. The summed E-state index contributed by atoms with van der Waals surface area (Å²) in [5.74, 6) is 0.120. The minimum Gasteiger partial charge on any atom is -0.480 e. The van der Waals surface area contributed by atoms with E-state index in [1.807, 2.05) is 6.26 Å². The van der Waals surface area contributed by atoms with Crippen LogP contribution in [-0.2, 0) is 4.79 Å². The number of nitrogens with one attached hydrogen (secondary N) is 2. The number of thioether (sulfide) groups is 1. The molecule has 6 heteroatoms. The highest BCUT2D eigenvalue weighted by atomic mass is 32.2. The van der Waals surface area contributed by atoms with Crippen molar-refractivity contribution >= 4 is 24.1 Å². The lowest BCUT2D eigenvalue weighted by molar-refractivity contribution is -0.139. The molecule has 0 amide bonds. The first kappa shape index (κ1) is 14.8. The van der Waals surface area contributed by atoms with Gasteiger partial charge in [0.05, 0.1) is 6.34 Å². The van der Waals surface area contributed by atoms with Gasteiger partial charge in [0.1, 0.15) is 6.04 Å². The number of carbonyl (C=O) groups is 1. The molecule has 0 bridgehead atoms. The SMILES string of the molecule is CN[C@@H](CCSC)C(=O)O.N=CN. The fraction of sp³-hybridized carbons (Fsp3) is 0.714. The van der Waals surface area contributed by atoms with Gasteiger partial charge in [-0.2, -0.15) is 11.8 Å². The molecular formula is C7H17N3O2S. The van der Waals surface area contributed by atoms with Crippen molar-refractivity contribution in [1.82, 2.24) is 5.32 Å². The highest BCUT2D eigenvalue weighted by Gasteiger charge is 2.12. The van der Waals surface area contributed by atoms with E-state index in [1.54, 1.807) is 18.8 Å². The van der Waals surface area contributed by atoms with E-state index in [0.717, 1.165) is 12.1 Å². The standard InChI is InChI=1S/C6H13NO2S.CH4N2/c1-7-5(6(8)9)3-4-10-2;2-1-3/h5,7H,3-4H2,1-2H3,(H,8,9);1H,(H3,2,3)/t5-;/m0./s1. The van der Waals surface area contributed by atoms with Crippen molar-refractivity contribution in [2.75, 3.05) is 19.1 Å². The van der Waals surface area contributed by atoms with Crippen LogP contribution >= 0.6 is 11.8 Å². The van der Waals surface area contributed by atoms with E-state index in [9.17, 15) is 4.79 Å². The molecule has 0 spiro atoms. The third kappa shape index (κ3) is 11.2. The van der Waals surface area contributed by atoms with Crippen molar-refractivity contribution in [1.29, 1.82) is 5.41 Å². The summed E-state index contributed by atoms with van der Waals surface area (Å²) in [5, 5.41) is 17.1. The smallest absolute Gasteiger partial charge is 0.320 e. The van der Waals surface area contributed by atoms with Crippen LogP contribution in [0.4, 0.5) is 0 Å². The van der Waals surface area contributed by atoms with Crippen molar-refractivity contribution in [3.05, 3.63) is 0 Å². The minimum absolute atomic E-state index is 0.382. The van der Waals surface area contributed by atoms with Crippen LogP contribution in [0.25, 0.3) is 0 Å². The molecule has 1 atom stereocenters. The first-order valence-electron chi connectivity index (χ1n) is 3.73. The van der Waals surface area contributed by atoms with Crippen molar-refractivity contribution in [3.8, 4) is 0 Å². The Bertz CT molecular complexity index is 144. The van der Waals surface area contributed by atoms with E-state index in [4.69, 9.17) is 10.5 Å². The second-order valence-electron chi connectivity index (χ2n) is 2.13. The van der Waals surface area contributed by atoms with Gasteiger partial charge in [0.15, 0.2) is 0 Å². The fourth-order valence-corrected chi connectivity index (χ4v) is 1.10. The number of hydrogen-bond donors (Lipinski definition) is 4. The van der Waals surface area contributed by atoms with Gasteiger partial charge in [-0.1, -0.05) is 0 Å². The molecule has 0 heterocycles.